The van der Waals surface area contributed by atoms with E-state index in [0.717, 1.165) is 38.0 Å². The van der Waals surface area contributed by atoms with Gasteiger partial charge in [-0.05, 0) is 42.6 Å². The molecule has 0 bridgehead atoms. The van der Waals surface area contributed by atoms with Gasteiger partial charge in [0.1, 0.15) is 0 Å². The van der Waals surface area contributed by atoms with Crippen LogP contribution in [0, 0.1) is 0 Å². The fourth-order valence-electron chi connectivity index (χ4n) is 2.49. The number of unbranched alkanes of at least 4 members (excludes halogenated alkanes) is 3. The predicted molar refractivity (Wildman–Crippen MR) is 79.2 cm³/mol. The van der Waals surface area contributed by atoms with E-state index in [1.807, 2.05) is 6.07 Å². The maximum Gasteiger partial charge on any atom is 0.224 e. The number of rotatable bonds is 6. The van der Waals surface area contributed by atoms with Crippen LogP contribution in [0.3, 0.4) is 0 Å². The molecule has 1 aliphatic rings. The molecule has 0 saturated carbocycles. The van der Waals surface area contributed by atoms with E-state index in [1.165, 1.54) is 24.0 Å². The standard InChI is InChI=1S/C16H24N2O/c1-2-3-4-5-6-16(19)18-15-8-7-13-9-10-17-12-14(13)11-15/h7-8,11,17H,2-6,9-10,12H2,1H3,(H,18,19). The summed E-state index contributed by atoms with van der Waals surface area (Å²) >= 11 is 0. The highest BCUT2D eigenvalue weighted by Gasteiger charge is 2.09. The van der Waals surface area contributed by atoms with Gasteiger partial charge in [0.15, 0.2) is 0 Å². The molecule has 3 heteroatoms. The van der Waals surface area contributed by atoms with Crippen molar-refractivity contribution >= 4 is 11.6 Å². The molecular formula is C16H24N2O. The van der Waals surface area contributed by atoms with Gasteiger partial charge in [0.05, 0.1) is 0 Å². The fraction of sp³-hybridized carbons (Fsp3) is 0.562. The minimum absolute atomic E-state index is 0.139. The summed E-state index contributed by atoms with van der Waals surface area (Å²) in [4.78, 5) is 11.8. The minimum atomic E-state index is 0.139. The van der Waals surface area contributed by atoms with Gasteiger partial charge in [0, 0.05) is 18.7 Å². The number of hydrogen-bond donors (Lipinski definition) is 2. The van der Waals surface area contributed by atoms with Gasteiger partial charge in [0.2, 0.25) is 5.91 Å². The summed E-state index contributed by atoms with van der Waals surface area (Å²) in [6, 6.07) is 6.27. The average molecular weight is 260 g/mol. The Kier molecular flexibility index (Phi) is 5.40. The SMILES string of the molecule is CCCCCCC(=O)Nc1ccc2c(c1)CNCC2. The average Bonchev–Trinajstić information content (AvgIpc) is 2.43. The van der Waals surface area contributed by atoms with Crippen molar-refractivity contribution in [2.24, 2.45) is 0 Å². The zero-order valence-electron chi connectivity index (χ0n) is 11.8. The third-order valence-corrected chi connectivity index (χ3v) is 3.63. The summed E-state index contributed by atoms with van der Waals surface area (Å²) < 4.78 is 0. The largest absolute Gasteiger partial charge is 0.326 e. The topological polar surface area (TPSA) is 41.1 Å². The van der Waals surface area contributed by atoms with Crippen LogP contribution in [0.4, 0.5) is 5.69 Å². The number of fused-ring (bicyclic) bond motifs is 1. The predicted octanol–water partition coefficient (Wildman–Crippen LogP) is 3.24. The molecule has 0 aromatic heterocycles. The van der Waals surface area contributed by atoms with Crippen LogP contribution in [0.5, 0.6) is 0 Å². The lowest BCUT2D eigenvalue weighted by molar-refractivity contribution is -0.116. The molecule has 2 rings (SSSR count). The van der Waals surface area contributed by atoms with Gasteiger partial charge in [-0.15, -0.1) is 0 Å². The highest BCUT2D eigenvalue weighted by molar-refractivity contribution is 5.90. The zero-order chi connectivity index (χ0) is 13.5. The van der Waals surface area contributed by atoms with E-state index < -0.39 is 0 Å². The molecule has 3 nitrogen and oxygen atoms in total. The van der Waals surface area contributed by atoms with E-state index in [0.29, 0.717) is 6.42 Å². The van der Waals surface area contributed by atoms with Crippen LogP contribution in [0.2, 0.25) is 0 Å². The maximum atomic E-state index is 11.8. The molecular weight excluding hydrogens is 236 g/mol. The van der Waals surface area contributed by atoms with Gasteiger partial charge in [-0.1, -0.05) is 32.3 Å². The van der Waals surface area contributed by atoms with Gasteiger partial charge in [-0.3, -0.25) is 4.79 Å². The van der Waals surface area contributed by atoms with Crippen molar-refractivity contribution < 1.29 is 4.79 Å². The van der Waals surface area contributed by atoms with E-state index in [4.69, 9.17) is 0 Å². The van der Waals surface area contributed by atoms with E-state index in [-0.39, 0.29) is 5.91 Å². The summed E-state index contributed by atoms with van der Waals surface area (Å²) in [5.74, 6) is 0.139. The monoisotopic (exact) mass is 260 g/mol. The van der Waals surface area contributed by atoms with E-state index in [2.05, 4.69) is 29.7 Å². The third kappa shape index (κ3) is 4.35. The third-order valence-electron chi connectivity index (χ3n) is 3.63. The number of amides is 1. The second-order valence-electron chi connectivity index (χ2n) is 5.27. The van der Waals surface area contributed by atoms with Crippen molar-refractivity contribution in [1.29, 1.82) is 0 Å². The van der Waals surface area contributed by atoms with Crippen molar-refractivity contribution in [3.63, 3.8) is 0 Å². The Hall–Kier alpha value is -1.35. The second-order valence-corrected chi connectivity index (χ2v) is 5.27. The lowest BCUT2D eigenvalue weighted by Gasteiger charge is -2.18. The molecule has 1 heterocycles. The molecule has 104 valence electrons. The number of carbonyl (C=O) groups excluding carboxylic acids is 1. The summed E-state index contributed by atoms with van der Waals surface area (Å²) in [5.41, 5.74) is 3.65. The Bertz CT molecular complexity index is 429. The summed E-state index contributed by atoms with van der Waals surface area (Å²) in [5, 5.41) is 6.36. The Morgan fingerprint density at radius 3 is 3.00 bits per heavy atom. The van der Waals surface area contributed by atoms with E-state index in [9.17, 15) is 4.79 Å². The van der Waals surface area contributed by atoms with Gasteiger partial charge in [-0.25, -0.2) is 0 Å². The molecule has 0 atom stereocenters. The zero-order valence-corrected chi connectivity index (χ0v) is 11.8. The number of benzene rings is 1. The number of anilines is 1. The number of hydrogen-bond acceptors (Lipinski definition) is 2. The first-order valence-electron chi connectivity index (χ1n) is 7.42. The molecule has 0 unspecified atom stereocenters. The van der Waals surface area contributed by atoms with Crippen molar-refractivity contribution in [2.45, 2.75) is 52.0 Å². The first-order chi connectivity index (χ1) is 9.29. The second kappa shape index (κ2) is 7.29. The Morgan fingerprint density at radius 2 is 2.16 bits per heavy atom. The molecule has 1 aliphatic heterocycles. The van der Waals surface area contributed by atoms with E-state index >= 15 is 0 Å². The molecule has 0 spiro atoms. The lowest BCUT2D eigenvalue weighted by Crippen LogP contribution is -2.23. The molecule has 0 fully saturated rings. The summed E-state index contributed by atoms with van der Waals surface area (Å²) in [7, 11) is 0. The molecule has 0 saturated heterocycles. The van der Waals surface area contributed by atoms with Crippen LogP contribution in [0.25, 0.3) is 0 Å². The first kappa shape index (κ1) is 14.1. The molecule has 1 aromatic rings. The Labute approximate surface area is 115 Å². The smallest absolute Gasteiger partial charge is 0.224 e. The first-order valence-corrected chi connectivity index (χ1v) is 7.42. The van der Waals surface area contributed by atoms with Crippen LogP contribution in [0.1, 0.15) is 50.2 Å². The Balaban J connectivity index is 1.83. The van der Waals surface area contributed by atoms with Crippen LogP contribution < -0.4 is 10.6 Å². The van der Waals surface area contributed by atoms with Crippen LogP contribution in [0.15, 0.2) is 18.2 Å². The van der Waals surface area contributed by atoms with Gasteiger partial charge < -0.3 is 10.6 Å². The number of nitrogens with one attached hydrogen (secondary N) is 2. The summed E-state index contributed by atoms with van der Waals surface area (Å²) in [6.45, 7) is 4.15. The molecule has 0 aliphatic carbocycles. The van der Waals surface area contributed by atoms with Crippen LogP contribution in [-0.4, -0.2) is 12.5 Å². The normalized spacial score (nSPS) is 13.9. The van der Waals surface area contributed by atoms with Crippen molar-refractivity contribution in [1.82, 2.24) is 5.32 Å². The summed E-state index contributed by atoms with van der Waals surface area (Å²) in [6.07, 6.45) is 6.29. The van der Waals surface area contributed by atoms with E-state index in [1.54, 1.807) is 0 Å². The number of carbonyl (C=O) groups is 1. The molecule has 19 heavy (non-hydrogen) atoms. The molecule has 1 aromatic carbocycles. The fourth-order valence-corrected chi connectivity index (χ4v) is 2.49. The lowest BCUT2D eigenvalue weighted by atomic mass is 10.0. The van der Waals surface area contributed by atoms with Gasteiger partial charge >= 0.3 is 0 Å². The molecule has 1 amide bonds. The van der Waals surface area contributed by atoms with Crippen LogP contribution in [-0.2, 0) is 17.8 Å². The minimum Gasteiger partial charge on any atom is -0.326 e. The van der Waals surface area contributed by atoms with Crippen LogP contribution >= 0.6 is 0 Å². The maximum absolute atomic E-state index is 11.8. The highest BCUT2D eigenvalue weighted by Crippen LogP contribution is 2.19. The van der Waals surface area contributed by atoms with Gasteiger partial charge in [-0.2, -0.15) is 0 Å². The highest BCUT2D eigenvalue weighted by atomic mass is 16.1. The van der Waals surface area contributed by atoms with Crippen molar-refractivity contribution in [2.75, 3.05) is 11.9 Å². The van der Waals surface area contributed by atoms with Crippen molar-refractivity contribution in [3.8, 4) is 0 Å². The van der Waals surface area contributed by atoms with Gasteiger partial charge in [0.25, 0.3) is 0 Å². The van der Waals surface area contributed by atoms with Crippen molar-refractivity contribution in [3.05, 3.63) is 29.3 Å². The quantitative estimate of drug-likeness (QED) is 0.771. The molecule has 2 N–H and O–H groups in total. The Morgan fingerprint density at radius 1 is 1.26 bits per heavy atom. The molecule has 0 radical (unpaired) electrons.